The van der Waals surface area contributed by atoms with Crippen LogP contribution in [0.2, 0.25) is 0 Å². The van der Waals surface area contributed by atoms with Gasteiger partial charge in [0.25, 0.3) is 0 Å². The van der Waals surface area contributed by atoms with E-state index in [0.717, 1.165) is 49.3 Å². The van der Waals surface area contributed by atoms with Crippen LogP contribution >= 0.6 is 11.8 Å². The summed E-state index contributed by atoms with van der Waals surface area (Å²) in [4.78, 5) is 24.1. The van der Waals surface area contributed by atoms with Gasteiger partial charge in [-0.1, -0.05) is 24.9 Å². The minimum Gasteiger partial charge on any atom is -0.411 e. The molecule has 0 aromatic rings. The third-order valence-electron chi connectivity index (χ3n) is 9.58. The van der Waals surface area contributed by atoms with Crippen molar-refractivity contribution in [2.75, 3.05) is 18.1 Å². The second-order valence-electron chi connectivity index (χ2n) is 11.1. The Balaban J connectivity index is 1.35. The molecule has 0 aromatic carbocycles. The van der Waals surface area contributed by atoms with E-state index in [0.29, 0.717) is 48.7 Å². The third-order valence-corrected chi connectivity index (χ3v) is 10.9. The molecule has 192 valence electrons. The van der Waals surface area contributed by atoms with Gasteiger partial charge in [0.05, 0.1) is 5.71 Å². The average Bonchev–Trinajstić information content (AvgIpc) is 3.13. The van der Waals surface area contributed by atoms with Crippen LogP contribution in [0.3, 0.4) is 0 Å². The molecule has 34 heavy (non-hydrogen) atoms. The largest absolute Gasteiger partial charge is 0.471 e. The Morgan fingerprint density at radius 2 is 1.97 bits per heavy atom. The summed E-state index contributed by atoms with van der Waals surface area (Å²) in [7, 11) is 0. The number of ketones is 1. The first-order chi connectivity index (χ1) is 16.1. The van der Waals surface area contributed by atoms with Gasteiger partial charge in [-0.15, -0.1) is 0 Å². The predicted molar refractivity (Wildman–Crippen MR) is 126 cm³/mol. The Labute approximate surface area is 204 Å². The Morgan fingerprint density at radius 1 is 1.18 bits per heavy atom. The van der Waals surface area contributed by atoms with Gasteiger partial charge in [-0.2, -0.15) is 24.9 Å². The number of carbonyl (C=O) groups excluding carboxylic acids is 2. The van der Waals surface area contributed by atoms with Crippen molar-refractivity contribution in [3.8, 4) is 0 Å². The number of thioether (sulfide) groups is 1. The highest BCUT2D eigenvalue weighted by molar-refractivity contribution is 7.99. The Kier molecular flexibility index (Phi) is 7.61. The maximum atomic E-state index is 13.2. The number of unbranched alkanes of at least 4 members (excludes halogenated alkanes) is 1. The number of alkyl halides is 3. The number of oxime groups is 1. The molecule has 1 amide bonds. The van der Waals surface area contributed by atoms with E-state index in [2.05, 4.69) is 12.1 Å². The predicted octanol–water partition coefficient (Wildman–Crippen LogP) is 5.60. The highest BCUT2D eigenvalue weighted by atomic mass is 32.2. The number of hydrogen-bond donors (Lipinski definition) is 2. The minimum atomic E-state index is -4.83. The fourth-order valence-corrected chi connectivity index (χ4v) is 9.40. The van der Waals surface area contributed by atoms with Crippen molar-refractivity contribution in [1.29, 1.82) is 0 Å². The molecule has 9 heteroatoms. The van der Waals surface area contributed by atoms with Crippen LogP contribution in [0.5, 0.6) is 0 Å². The van der Waals surface area contributed by atoms with Crippen molar-refractivity contribution in [2.24, 2.45) is 39.7 Å². The number of rotatable bonds is 7. The van der Waals surface area contributed by atoms with Crippen molar-refractivity contribution >= 4 is 29.2 Å². The van der Waals surface area contributed by atoms with E-state index in [9.17, 15) is 28.0 Å². The van der Waals surface area contributed by atoms with Crippen LogP contribution in [0.1, 0.15) is 77.6 Å². The lowest BCUT2D eigenvalue weighted by Crippen LogP contribution is -2.57. The number of nitrogens with one attached hydrogen (secondary N) is 1. The van der Waals surface area contributed by atoms with Crippen molar-refractivity contribution < 1.29 is 28.0 Å². The van der Waals surface area contributed by atoms with E-state index < -0.39 is 12.1 Å². The molecule has 2 N–H and O–H groups in total. The average molecular weight is 503 g/mol. The van der Waals surface area contributed by atoms with Crippen LogP contribution in [-0.2, 0) is 9.59 Å². The van der Waals surface area contributed by atoms with Gasteiger partial charge < -0.3 is 10.5 Å². The van der Waals surface area contributed by atoms with Gasteiger partial charge in [-0.25, -0.2) is 0 Å². The number of fused-ring (bicyclic) bond motifs is 5. The van der Waals surface area contributed by atoms with Crippen LogP contribution < -0.4 is 5.32 Å². The van der Waals surface area contributed by atoms with E-state index in [4.69, 9.17) is 0 Å². The summed E-state index contributed by atoms with van der Waals surface area (Å²) in [6.45, 7) is 2.41. The van der Waals surface area contributed by atoms with Crippen LogP contribution in [0.25, 0.3) is 0 Å². The second kappa shape index (κ2) is 10.0. The maximum absolute atomic E-state index is 13.2. The van der Waals surface area contributed by atoms with E-state index in [1.165, 1.54) is 19.3 Å². The lowest BCUT2D eigenvalue weighted by atomic mass is 9.45. The molecule has 0 saturated heterocycles. The second-order valence-corrected chi connectivity index (χ2v) is 12.3. The SMILES string of the molecule is C[C@]12CCCCC1/C(=N/O)C[C@H]1[C@@H]3CCC(=O)[C@@]3(CSCCCCNC(=O)C(F)(F)F)CC[C@@H]12. The fraction of sp³-hybridized carbons (Fsp3) is 0.880. The first kappa shape index (κ1) is 25.8. The number of amides is 1. The summed E-state index contributed by atoms with van der Waals surface area (Å²) < 4.78 is 36.8. The standard InChI is InChI=1S/C25H37F3N2O3S/c1-23-10-3-2-6-19(23)20(30-33)14-16-17(23)9-11-24(18(16)7-8-21(24)31)15-34-13-5-4-12-29-22(32)25(26,27)28/h16-19,33H,2-15H2,1H3,(H,29,32)/b30-20+/t16-,17+,18+,19?,23-,24-/m1/s1. The monoisotopic (exact) mass is 502 g/mol. The first-order valence-electron chi connectivity index (χ1n) is 12.8. The highest BCUT2D eigenvalue weighted by Gasteiger charge is 2.62. The molecule has 0 radical (unpaired) electrons. The molecule has 4 aliphatic carbocycles. The Hall–Kier alpha value is -1.25. The van der Waals surface area contributed by atoms with Crippen molar-refractivity contribution in [1.82, 2.24) is 5.32 Å². The van der Waals surface area contributed by atoms with Gasteiger partial charge >= 0.3 is 12.1 Å². The Morgan fingerprint density at radius 3 is 2.71 bits per heavy atom. The Bertz CT molecular complexity index is 820. The van der Waals surface area contributed by atoms with Crippen molar-refractivity contribution in [3.05, 3.63) is 0 Å². The minimum absolute atomic E-state index is 0.0123. The summed E-state index contributed by atoms with van der Waals surface area (Å²) in [6.07, 6.45) is 5.39. The topological polar surface area (TPSA) is 78.8 Å². The molecule has 4 saturated carbocycles. The normalized spacial score (nSPS) is 38.8. The van der Waals surface area contributed by atoms with Gasteiger partial charge in [0.15, 0.2) is 0 Å². The molecule has 4 aliphatic rings. The number of Topliss-reactive ketones (excluding diaryl/α,β-unsaturated/α-hetero) is 1. The molecule has 0 spiro atoms. The molecule has 0 aliphatic heterocycles. The van der Waals surface area contributed by atoms with Crippen LogP contribution in [-0.4, -0.2) is 46.8 Å². The summed E-state index contributed by atoms with van der Waals surface area (Å²) >= 11 is 1.73. The molecule has 5 nitrogen and oxygen atoms in total. The molecule has 0 bridgehead atoms. The molecule has 0 aromatic heterocycles. The summed E-state index contributed by atoms with van der Waals surface area (Å²) in [5.74, 6) is 1.68. The molecule has 6 atom stereocenters. The lowest BCUT2D eigenvalue weighted by molar-refractivity contribution is -0.173. The van der Waals surface area contributed by atoms with E-state index in [-0.39, 0.29) is 17.4 Å². The molecular weight excluding hydrogens is 465 g/mol. The number of hydrogen-bond acceptors (Lipinski definition) is 5. The summed E-state index contributed by atoms with van der Waals surface area (Å²) in [6, 6.07) is 0. The van der Waals surface area contributed by atoms with Gasteiger partial charge in [0, 0.05) is 30.1 Å². The van der Waals surface area contributed by atoms with Gasteiger partial charge in [-0.3, -0.25) is 9.59 Å². The quantitative estimate of drug-likeness (QED) is 0.270. The van der Waals surface area contributed by atoms with Crippen LogP contribution in [0, 0.1) is 34.5 Å². The van der Waals surface area contributed by atoms with E-state index >= 15 is 0 Å². The maximum Gasteiger partial charge on any atom is 0.471 e. The molecule has 0 heterocycles. The molecular formula is C25H37F3N2O3S. The first-order valence-corrected chi connectivity index (χ1v) is 14.0. The lowest BCUT2D eigenvalue weighted by Gasteiger charge is -2.59. The van der Waals surface area contributed by atoms with Gasteiger partial charge in [-0.05, 0) is 80.3 Å². The third kappa shape index (κ3) is 4.62. The summed E-state index contributed by atoms with van der Waals surface area (Å²) in [5, 5.41) is 15.5. The van der Waals surface area contributed by atoms with Crippen LogP contribution in [0.15, 0.2) is 5.16 Å². The zero-order valence-corrected chi connectivity index (χ0v) is 20.8. The van der Waals surface area contributed by atoms with Gasteiger partial charge in [0.2, 0.25) is 0 Å². The number of halogens is 3. The zero-order chi connectivity index (χ0) is 24.6. The fourth-order valence-electron chi connectivity index (χ4n) is 7.97. The smallest absolute Gasteiger partial charge is 0.411 e. The molecule has 4 fully saturated rings. The summed E-state index contributed by atoms with van der Waals surface area (Å²) in [5.41, 5.74) is 0.802. The van der Waals surface area contributed by atoms with E-state index in [1.54, 1.807) is 11.8 Å². The number of carbonyl (C=O) groups is 2. The zero-order valence-electron chi connectivity index (χ0n) is 20.0. The van der Waals surface area contributed by atoms with Gasteiger partial charge in [0.1, 0.15) is 5.78 Å². The van der Waals surface area contributed by atoms with E-state index in [1.807, 2.05) is 5.32 Å². The highest BCUT2D eigenvalue weighted by Crippen LogP contribution is 2.65. The van der Waals surface area contributed by atoms with Crippen LogP contribution in [0.4, 0.5) is 13.2 Å². The van der Waals surface area contributed by atoms with Crippen molar-refractivity contribution in [3.63, 3.8) is 0 Å². The van der Waals surface area contributed by atoms with Crippen molar-refractivity contribution in [2.45, 2.75) is 83.7 Å². The number of nitrogens with zero attached hydrogens (tertiary/aromatic N) is 1. The molecule has 4 rings (SSSR count). The molecule has 1 unspecified atom stereocenters.